The molecule has 0 radical (unpaired) electrons. The van der Waals surface area contributed by atoms with E-state index in [1.54, 1.807) is 39.1 Å². The van der Waals surface area contributed by atoms with Crippen molar-refractivity contribution >= 4 is 44.7 Å². The molecule has 0 fully saturated rings. The predicted molar refractivity (Wildman–Crippen MR) is 135 cm³/mol. The molecule has 0 aliphatic carbocycles. The Labute approximate surface area is 204 Å². The molecule has 2 aromatic carbocycles. The highest BCUT2D eigenvalue weighted by Gasteiger charge is 2.17. The minimum Gasteiger partial charge on any atom is -0.444 e. The first-order valence-corrected chi connectivity index (χ1v) is 12.4. The zero-order chi connectivity index (χ0) is 25.5. The van der Waals surface area contributed by atoms with E-state index in [1.807, 2.05) is 30.3 Å². The molecule has 1 aromatic heterocycles. The van der Waals surface area contributed by atoms with Crippen molar-refractivity contribution in [1.29, 1.82) is 0 Å². The number of aromatic nitrogens is 1. The molecule has 0 unspecified atom stereocenters. The highest BCUT2D eigenvalue weighted by Crippen LogP contribution is 2.18. The average Bonchev–Trinajstić information content (AvgIpc) is 2.79. The van der Waals surface area contributed by atoms with E-state index in [1.165, 1.54) is 24.3 Å². The number of benzene rings is 2. The molecule has 9 nitrogen and oxygen atoms in total. The predicted octanol–water partition coefficient (Wildman–Crippen LogP) is 3.69. The van der Waals surface area contributed by atoms with Crippen molar-refractivity contribution in [3.63, 3.8) is 0 Å². The van der Waals surface area contributed by atoms with Crippen molar-refractivity contribution in [3.8, 4) is 0 Å². The van der Waals surface area contributed by atoms with Gasteiger partial charge in [-0.25, -0.2) is 17.9 Å². The Balaban J connectivity index is 1.58. The lowest BCUT2D eigenvalue weighted by atomic mass is 10.1. The Morgan fingerprint density at radius 3 is 2.54 bits per heavy atom. The number of amides is 2. The Morgan fingerprint density at radius 1 is 1.03 bits per heavy atom. The quantitative estimate of drug-likeness (QED) is 0.323. The van der Waals surface area contributed by atoms with E-state index in [2.05, 4.69) is 20.3 Å². The highest BCUT2D eigenvalue weighted by molar-refractivity contribution is 7.89. The topological polar surface area (TPSA) is 126 Å². The number of alkyl carbamates (subject to hydrolysis) is 1. The lowest BCUT2D eigenvalue weighted by Gasteiger charge is -2.19. The van der Waals surface area contributed by atoms with Crippen LogP contribution < -0.4 is 15.4 Å². The van der Waals surface area contributed by atoms with Gasteiger partial charge in [-0.1, -0.05) is 30.3 Å². The van der Waals surface area contributed by atoms with Gasteiger partial charge in [-0.2, -0.15) is 0 Å². The molecule has 3 N–H and O–H groups in total. The average molecular weight is 497 g/mol. The van der Waals surface area contributed by atoms with E-state index in [9.17, 15) is 18.0 Å². The highest BCUT2D eigenvalue weighted by atomic mass is 32.2. The SMILES string of the molecule is CC(C)(C)OC(=O)NCCNS(=O)(=O)c1cccc(NC(=O)/C=C/c2cccc3cccnc23)c1. The molecule has 3 rings (SSSR count). The number of para-hydroxylation sites is 1. The molecule has 0 atom stereocenters. The van der Waals surface area contributed by atoms with Crippen molar-refractivity contribution in [1.82, 2.24) is 15.0 Å². The van der Waals surface area contributed by atoms with Crippen LogP contribution in [0, 0.1) is 0 Å². The van der Waals surface area contributed by atoms with Crippen molar-refractivity contribution in [3.05, 3.63) is 72.4 Å². The molecule has 184 valence electrons. The number of anilines is 1. The number of hydrogen-bond donors (Lipinski definition) is 3. The van der Waals surface area contributed by atoms with Gasteiger partial charge in [0.05, 0.1) is 10.4 Å². The van der Waals surface area contributed by atoms with Crippen molar-refractivity contribution in [2.24, 2.45) is 0 Å². The summed E-state index contributed by atoms with van der Waals surface area (Å²) < 4.78 is 32.7. The maximum absolute atomic E-state index is 12.6. The number of hydrogen-bond acceptors (Lipinski definition) is 6. The van der Waals surface area contributed by atoms with E-state index in [0.29, 0.717) is 5.69 Å². The molecule has 10 heteroatoms. The van der Waals surface area contributed by atoms with Crippen molar-refractivity contribution in [2.45, 2.75) is 31.3 Å². The minimum atomic E-state index is -3.85. The molecule has 0 spiro atoms. The molecule has 1 heterocycles. The summed E-state index contributed by atoms with van der Waals surface area (Å²) in [4.78, 5) is 28.4. The lowest BCUT2D eigenvalue weighted by molar-refractivity contribution is -0.111. The summed E-state index contributed by atoms with van der Waals surface area (Å²) in [7, 11) is -3.85. The molecule has 0 aliphatic heterocycles. The van der Waals surface area contributed by atoms with Crippen LogP contribution >= 0.6 is 0 Å². The maximum atomic E-state index is 12.6. The number of rotatable bonds is 8. The summed E-state index contributed by atoms with van der Waals surface area (Å²) in [6.45, 7) is 5.23. The zero-order valence-electron chi connectivity index (χ0n) is 19.7. The fourth-order valence-electron chi connectivity index (χ4n) is 3.10. The first-order chi connectivity index (χ1) is 16.5. The van der Waals surface area contributed by atoms with Crippen LogP contribution in [0.5, 0.6) is 0 Å². The van der Waals surface area contributed by atoms with E-state index >= 15 is 0 Å². The van der Waals surface area contributed by atoms with Gasteiger partial charge in [-0.15, -0.1) is 0 Å². The summed E-state index contributed by atoms with van der Waals surface area (Å²) in [6, 6.07) is 15.3. The van der Waals surface area contributed by atoms with Crippen molar-refractivity contribution in [2.75, 3.05) is 18.4 Å². The fourth-order valence-corrected chi connectivity index (χ4v) is 4.18. The number of nitrogens with one attached hydrogen (secondary N) is 3. The zero-order valence-corrected chi connectivity index (χ0v) is 20.6. The Kier molecular flexibility index (Phi) is 8.21. The monoisotopic (exact) mass is 496 g/mol. The van der Waals surface area contributed by atoms with Gasteiger partial charge in [0.25, 0.3) is 0 Å². The molecule has 0 saturated heterocycles. The molecule has 2 amide bonds. The summed E-state index contributed by atoms with van der Waals surface area (Å²) in [5, 5.41) is 6.11. The van der Waals surface area contributed by atoms with Crippen LogP contribution in [0.3, 0.4) is 0 Å². The molecule has 0 aliphatic rings. The number of pyridine rings is 1. The summed E-state index contributed by atoms with van der Waals surface area (Å²) in [5.41, 5.74) is 1.25. The van der Waals surface area contributed by atoms with Gasteiger partial charge in [-0.3, -0.25) is 9.78 Å². The van der Waals surface area contributed by atoms with E-state index in [-0.39, 0.29) is 18.0 Å². The second-order valence-corrected chi connectivity index (χ2v) is 10.4. The Bertz CT molecular complexity index is 1340. The molecule has 0 bridgehead atoms. The number of sulfonamides is 1. The summed E-state index contributed by atoms with van der Waals surface area (Å²) in [6.07, 6.45) is 4.08. The minimum absolute atomic E-state index is 0.0187. The van der Waals surface area contributed by atoms with E-state index in [4.69, 9.17) is 4.74 Å². The van der Waals surface area contributed by atoms with Gasteiger partial charge in [0.2, 0.25) is 15.9 Å². The third-order valence-electron chi connectivity index (χ3n) is 4.58. The van der Waals surface area contributed by atoms with Crippen LogP contribution in [0.4, 0.5) is 10.5 Å². The Hall–Kier alpha value is -3.76. The Morgan fingerprint density at radius 2 is 1.77 bits per heavy atom. The number of carbonyl (C=O) groups is 2. The molecule has 0 saturated carbocycles. The normalized spacial score (nSPS) is 12.0. The molecular formula is C25H28N4O5S. The maximum Gasteiger partial charge on any atom is 0.407 e. The molecule has 3 aromatic rings. The van der Waals surface area contributed by atoms with Gasteiger partial charge >= 0.3 is 6.09 Å². The number of fused-ring (bicyclic) bond motifs is 1. The first-order valence-electron chi connectivity index (χ1n) is 10.9. The van der Waals surface area contributed by atoms with Gasteiger partial charge in [0.1, 0.15) is 5.60 Å². The second-order valence-electron chi connectivity index (χ2n) is 8.60. The first kappa shape index (κ1) is 25.9. The second kappa shape index (κ2) is 11.1. The van der Waals surface area contributed by atoms with Gasteiger partial charge < -0.3 is 15.4 Å². The fraction of sp³-hybridized carbons (Fsp3) is 0.240. The lowest BCUT2D eigenvalue weighted by Crippen LogP contribution is -2.37. The number of nitrogens with zero attached hydrogens (tertiary/aromatic N) is 1. The van der Waals surface area contributed by atoms with Crippen LogP contribution in [-0.4, -0.2) is 44.1 Å². The van der Waals surface area contributed by atoms with Gasteiger partial charge in [0.15, 0.2) is 0 Å². The van der Waals surface area contributed by atoms with Crippen LogP contribution in [0.25, 0.3) is 17.0 Å². The molecule has 35 heavy (non-hydrogen) atoms. The smallest absolute Gasteiger partial charge is 0.407 e. The van der Waals surface area contributed by atoms with E-state index in [0.717, 1.165) is 16.5 Å². The van der Waals surface area contributed by atoms with Gasteiger partial charge in [0, 0.05) is 42.0 Å². The van der Waals surface area contributed by atoms with Crippen LogP contribution in [0.1, 0.15) is 26.3 Å². The third kappa shape index (κ3) is 7.90. The van der Waals surface area contributed by atoms with Crippen LogP contribution in [0.2, 0.25) is 0 Å². The van der Waals surface area contributed by atoms with Crippen molar-refractivity contribution < 1.29 is 22.7 Å². The number of carbonyl (C=O) groups excluding carboxylic acids is 2. The largest absolute Gasteiger partial charge is 0.444 e. The molecular weight excluding hydrogens is 468 g/mol. The summed E-state index contributed by atoms with van der Waals surface area (Å²) >= 11 is 0. The van der Waals surface area contributed by atoms with Gasteiger partial charge in [-0.05, 0) is 51.1 Å². The summed E-state index contributed by atoms with van der Waals surface area (Å²) in [5.74, 6) is -0.415. The number of ether oxygens (including phenoxy) is 1. The van der Waals surface area contributed by atoms with E-state index < -0.39 is 27.6 Å². The van der Waals surface area contributed by atoms with Crippen LogP contribution in [0.15, 0.2) is 71.8 Å². The standard InChI is InChI=1S/C25H28N4O5S/c1-25(2,3)34-24(31)27-15-16-28-35(32,33)21-11-5-10-20(17-21)29-22(30)13-12-19-8-4-7-18-9-6-14-26-23(18)19/h4-14,17,28H,15-16H2,1-3H3,(H,27,31)(H,29,30)/b13-12+. The van der Waals surface area contributed by atoms with Crippen LogP contribution in [-0.2, 0) is 19.6 Å². The third-order valence-corrected chi connectivity index (χ3v) is 6.03.